The van der Waals surface area contributed by atoms with E-state index in [0.717, 1.165) is 0 Å². The van der Waals surface area contributed by atoms with Crippen LogP contribution in [0.3, 0.4) is 0 Å². The molecule has 5 heteroatoms. The first kappa shape index (κ1) is 10.5. The number of alkyl halides is 1. The Bertz CT molecular complexity index is 424. The van der Waals surface area contributed by atoms with Crippen LogP contribution >= 0.6 is 11.6 Å². The molecule has 0 aliphatic carbocycles. The van der Waals surface area contributed by atoms with E-state index in [9.17, 15) is 10.1 Å². The summed E-state index contributed by atoms with van der Waals surface area (Å²) in [6, 6.07) is 4.71. The smallest absolute Gasteiger partial charge is 0.258 e. The highest BCUT2D eigenvalue weighted by molar-refractivity contribution is 6.17. The van der Waals surface area contributed by atoms with E-state index in [1.165, 1.54) is 6.07 Å². The van der Waals surface area contributed by atoms with Gasteiger partial charge in [0.15, 0.2) is 0 Å². The number of nitrogens with zero attached hydrogens (tertiary/aromatic N) is 2. The van der Waals surface area contributed by atoms with Crippen molar-refractivity contribution in [1.82, 2.24) is 0 Å². The van der Waals surface area contributed by atoms with Crippen LogP contribution in [-0.2, 0) is 5.88 Å². The maximum absolute atomic E-state index is 10.6. The minimum absolute atomic E-state index is 0.0459. The lowest BCUT2D eigenvalue weighted by Gasteiger charge is -2.02. The van der Waals surface area contributed by atoms with Gasteiger partial charge in [-0.1, -0.05) is 0 Å². The number of nitro groups is 1. The van der Waals surface area contributed by atoms with Gasteiger partial charge in [-0.05, 0) is 18.6 Å². The molecule has 0 fully saturated rings. The second-order valence-corrected chi connectivity index (χ2v) is 3.07. The van der Waals surface area contributed by atoms with Gasteiger partial charge < -0.3 is 0 Å². The van der Waals surface area contributed by atoms with Crippen molar-refractivity contribution in [2.45, 2.75) is 12.8 Å². The lowest BCUT2D eigenvalue weighted by Crippen LogP contribution is -1.95. The first-order valence-corrected chi connectivity index (χ1v) is 4.37. The molecule has 0 atom stereocenters. The van der Waals surface area contributed by atoms with Crippen LogP contribution in [0.4, 0.5) is 5.69 Å². The van der Waals surface area contributed by atoms with E-state index in [0.29, 0.717) is 11.1 Å². The van der Waals surface area contributed by atoms with Gasteiger partial charge in [0.1, 0.15) is 0 Å². The number of aryl methyl sites for hydroxylation is 1. The number of hydrogen-bond acceptors (Lipinski definition) is 3. The average molecular weight is 211 g/mol. The van der Waals surface area contributed by atoms with Crippen molar-refractivity contribution in [3.63, 3.8) is 0 Å². The molecule has 72 valence electrons. The van der Waals surface area contributed by atoms with Crippen LogP contribution in [0.5, 0.6) is 0 Å². The van der Waals surface area contributed by atoms with Crippen LogP contribution in [0, 0.1) is 28.4 Å². The van der Waals surface area contributed by atoms with Crippen molar-refractivity contribution < 1.29 is 4.92 Å². The Morgan fingerprint density at radius 1 is 1.64 bits per heavy atom. The molecule has 0 amide bonds. The molecule has 0 bridgehead atoms. The second kappa shape index (κ2) is 4.07. The molecule has 4 nitrogen and oxygen atoms in total. The standard InChI is InChI=1S/C9H7ClN2O2/c1-6-2-7(4-10)8(5-11)3-9(6)12(13)14/h2-3H,4H2,1H3. The molecule has 0 radical (unpaired) electrons. The SMILES string of the molecule is Cc1cc(CCl)c(C#N)cc1[N+](=O)[O-]. The number of nitro benzene ring substituents is 1. The van der Waals surface area contributed by atoms with Gasteiger partial charge >= 0.3 is 0 Å². The van der Waals surface area contributed by atoms with Crippen LogP contribution < -0.4 is 0 Å². The summed E-state index contributed by atoms with van der Waals surface area (Å²) in [5.74, 6) is 0.182. The first-order valence-electron chi connectivity index (χ1n) is 3.84. The predicted molar refractivity (Wildman–Crippen MR) is 52.1 cm³/mol. The molecule has 0 aromatic heterocycles. The van der Waals surface area contributed by atoms with Crippen molar-refractivity contribution >= 4 is 17.3 Å². The highest BCUT2D eigenvalue weighted by Crippen LogP contribution is 2.23. The van der Waals surface area contributed by atoms with Gasteiger partial charge in [-0.25, -0.2) is 0 Å². The maximum atomic E-state index is 10.6. The molecular weight excluding hydrogens is 204 g/mol. The Hall–Kier alpha value is -1.60. The monoisotopic (exact) mass is 210 g/mol. The maximum Gasteiger partial charge on any atom is 0.273 e. The van der Waals surface area contributed by atoms with Crippen LogP contribution in [0.1, 0.15) is 16.7 Å². The lowest BCUT2D eigenvalue weighted by atomic mass is 10.0. The minimum Gasteiger partial charge on any atom is -0.258 e. The predicted octanol–water partition coefficient (Wildman–Crippen LogP) is 2.51. The molecule has 0 spiro atoms. The molecule has 0 aliphatic rings. The fourth-order valence-corrected chi connectivity index (χ4v) is 1.39. The molecule has 1 rings (SSSR count). The summed E-state index contributed by atoms with van der Waals surface area (Å²) < 4.78 is 0. The molecule has 14 heavy (non-hydrogen) atoms. The zero-order chi connectivity index (χ0) is 10.7. The molecule has 0 unspecified atom stereocenters. The molecule has 0 N–H and O–H groups in total. The molecule has 0 saturated heterocycles. The largest absolute Gasteiger partial charge is 0.273 e. The fourth-order valence-electron chi connectivity index (χ4n) is 1.17. The van der Waals surface area contributed by atoms with E-state index >= 15 is 0 Å². The quantitative estimate of drug-likeness (QED) is 0.428. The fraction of sp³-hybridized carbons (Fsp3) is 0.222. The number of hydrogen-bond donors (Lipinski definition) is 0. The van der Waals surface area contributed by atoms with Gasteiger partial charge in [-0.15, -0.1) is 11.6 Å². The summed E-state index contributed by atoms with van der Waals surface area (Å²) in [6.07, 6.45) is 0. The average Bonchev–Trinajstić information content (AvgIpc) is 2.16. The third-order valence-electron chi connectivity index (χ3n) is 1.88. The molecule has 1 aromatic carbocycles. The van der Waals surface area contributed by atoms with Gasteiger partial charge in [0.25, 0.3) is 5.69 Å². The second-order valence-electron chi connectivity index (χ2n) is 2.80. The third kappa shape index (κ3) is 1.83. The van der Waals surface area contributed by atoms with Crippen molar-refractivity contribution in [3.05, 3.63) is 38.9 Å². The van der Waals surface area contributed by atoms with Gasteiger partial charge in [-0.2, -0.15) is 5.26 Å². The van der Waals surface area contributed by atoms with E-state index in [4.69, 9.17) is 16.9 Å². The van der Waals surface area contributed by atoms with Crippen LogP contribution in [0.2, 0.25) is 0 Å². The first-order chi connectivity index (χ1) is 6.60. The molecule has 0 heterocycles. The molecule has 1 aromatic rings. The molecule has 0 saturated carbocycles. The van der Waals surface area contributed by atoms with Crippen LogP contribution in [0.15, 0.2) is 12.1 Å². The Morgan fingerprint density at radius 3 is 2.71 bits per heavy atom. The van der Waals surface area contributed by atoms with Gasteiger partial charge in [-0.3, -0.25) is 10.1 Å². The topological polar surface area (TPSA) is 66.9 Å². The highest BCUT2D eigenvalue weighted by Gasteiger charge is 2.14. The van der Waals surface area contributed by atoms with Crippen LogP contribution in [0.25, 0.3) is 0 Å². The van der Waals surface area contributed by atoms with Gasteiger partial charge in [0.2, 0.25) is 0 Å². The van der Waals surface area contributed by atoms with E-state index < -0.39 is 4.92 Å². The van der Waals surface area contributed by atoms with E-state index in [2.05, 4.69) is 0 Å². The Balaban J connectivity index is 3.40. The van der Waals surface area contributed by atoms with Gasteiger partial charge in [0.05, 0.1) is 16.6 Å². The molecular formula is C9H7ClN2O2. The summed E-state index contributed by atoms with van der Waals surface area (Å²) in [6.45, 7) is 1.62. The number of rotatable bonds is 2. The Morgan fingerprint density at radius 2 is 2.29 bits per heavy atom. The number of halogens is 1. The third-order valence-corrected chi connectivity index (χ3v) is 2.17. The van der Waals surface area contributed by atoms with Gasteiger partial charge in [0, 0.05) is 17.5 Å². The number of benzene rings is 1. The molecule has 0 aliphatic heterocycles. The van der Waals surface area contributed by atoms with Crippen molar-refractivity contribution in [3.8, 4) is 6.07 Å². The normalized spacial score (nSPS) is 9.50. The Kier molecular flexibility index (Phi) is 3.05. The number of nitriles is 1. The zero-order valence-electron chi connectivity index (χ0n) is 7.45. The highest BCUT2D eigenvalue weighted by atomic mass is 35.5. The zero-order valence-corrected chi connectivity index (χ0v) is 8.21. The summed E-state index contributed by atoms with van der Waals surface area (Å²) >= 11 is 5.59. The van der Waals surface area contributed by atoms with Crippen LogP contribution in [-0.4, -0.2) is 4.92 Å². The Labute approximate surface area is 85.9 Å². The minimum atomic E-state index is -0.506. The summed E-state index contributed by atoms with van der Waals surface area (Å²) in [4.78, 5) is 10.0. The van der Waals surface area contributed by atoms with E-state index in [-0.39, 0.29) is 17.1 Å². The lowest BCUT2D eigenvalue weighted by molar-refractivity contribution is -0.385. The van der Waals surface area contributed by atoms with Crippen molar-refractivity contribution in [1.29, 1.82) is 5.26 Å². The summed E-state index contributed by atoms with van der Waals surface area (Å²) in [5, 5.41) is 19.3. The van der Waals surface area contributed by atoms with E-state index in [1.54, 1.807) is 13.0 Å². The van der Waals surface area contributed by atoms with Crippen molar-refractivity contribution in [2.75, 3.05) is 0 Å². The summed E-state index contributed by atoms with van der Waals surface area (Å²) in [5.41, 5.74) is 1.36. The van der Waals surface area contributed by atoms with E-state index in [1.807, 2.05) is 6.07 Å². The van der Waals surface area contributed by atoms with Crippen molar-refractivity contribution in [2.24, 2.45) is 0 Å². The summed E-state index contributed by atoms with van der Waals surface area (Å²) in [7, 11) is 0.